The summed E-state index contributed by atoms with van der Waals surface area (Å²) in [5.74, 6) is 0. The molecule has 0 saturated heterocycles. The van der Waals surface area contributed by atoms with Crippen molar-refractivity contribution in [3.05, 3.63) is 218 Å². The summed E-state index contributed by atoms with van der Waals surface area (Å²) in [6, 6.07) is 79.4. The van der Waals surface area contributed by atoms with Crippen molar-refractivity contribution >= 4 is 77.7 Å². The second-order valence-electron chi connectivity index (χ2n) is 15.2. The highest BCUT2D eigenvalue weighted by Crippen LogP contribution is 2.62. The quantitative estimate of drug-likeness (QED) is 0.168. The number of nitrogens with zero attached hydrogens (tertiary/aromatic N) is 3. The Balaban J connectivity index is 0.937. The number of anilines is 2. The molecule has 0 spiro atoms. The molecule has 0 amide bonds. The molecule has 2 aromatic heterocycles. The second kappa shape index (κ2) is 12.7. The van der Waals surface area contributed by atoms with Crippen LogP contribution in [0.2, 0.25) is 0 Å². The number of aromatic nitrogens is 2. The molecule has 0 aliphatic carbocycles. The maximum atomic E-state index is 3.69. The number of hydrogen-bond acceptors (Lipinski definition) is 1. The van der Waals surface area contributed by atoms with Gasteiger partial charge in [-0.3, -0.25) is 0 Å². The SMILES string of the molecule is c1ccc2c(c1)-c1ccccc1[N+]2(c1ccc(Nc2ccc(-n3c4ccccc4c4ccccc43)cc2)cc1)c1ccc(-n2c3ccccc3c3ccccc32)cc1. The summed E-state index contributed by atoms with van der Waals surface area (Å²) in [6.45, 7) is 0. The molecule has 0 atom stereocenters. The minimum absolute atomic E-state index is 0.494. The molecule has 0 radical (unpaired) electrons. The maximum absolute atomic E-state index is 3.69. The molecule has 1 aliphatic rings. The summed E-state index contributed by atoms with van der Waals surface area (Å²) in [7, 11) is 0. The molecule has 0 saturated carbocycles. The van der Waals surface area contributed by atoms with Crippen LogP contribution >= 0.6 is 0 Å². The molecule has 58 heavy (non-hydrogen) atoms. The summed E-state index contributed by atoms with van der Waals surface area (Å²) in [6.07, 6.45) is 0. The first kappa shape index (κ1) is 32.6. The number of fused-ring (bicyclic) bond motifs is 9. The molecule has 9 aromatic carbocycles. The molecular weight excluding hydrogens is 705 g/mol. The smallest absolute Gasteiger partial charge is 0.156 e. The van der Waals surface area contributed by atoms with Gasteiger partial charge in [-0.2, -0.15) is 4.48 Å². The molecule has 0 fully saturated rings. The van der Waals surface area contributed by atoms with Gasteiger partial charge in [0.25, 0.3) is 0 Å². The van der Waals surface area contributed by atoms with Crippen LogP contribution in [0.3, 0.4) is 0 Å². The van der Waals surface area contributed by atoms with E-state index in [2.05, 4.69) is 233 Å². The van der Waals surface area contributed by atoms with E-state index in [9.17, 15) is 0 Å². The minimum Gasteiger partial charge on any atom is -0.356 e. The molecule has 0 bridgehead atoms. The monoisotopic (exact) mass is 741 g/mol. The fourth-order valence-corrected chi connectivity index (χ4v) is 9.68. The highest BCUT2D eigenvalue weighted by molar-refractivity contribution is 6.10. The van der Waals surface area contributed by atoms with E-state index in [0.717, 1.165) is 22.7 Å². The fourth-order valence-electron chi connectivity index (χ4n) is 9.68. The van der Waals surface area contributed by atoms with Crippen molar-refractivity contribution in [3.8, 4) is 22.5 Å². The zero-order valence-corrected chi connectivity index (χ0v) is 31.6. The van der Waals surface area contributed by atoms with Crippen LogP contribution in [0.1, 0.15) is 0 Å². The molecular formula is C54H37N4+. The Morgan fingerprint density at radius 2 is 0.603 bits per heavy atom. The van der Waals surface area contributed by atoms with E-state index in [4.69, 9.17) is 0 Å². The van der Waals surface area contributed by atoms with Gasteiger partial charge in [0.2, 0.25) is 0 Å². The molecule has 3 heterocycles. The summed E-state index contributed by atoms with van der Waals surface area (Å²) < 4.78 is 5.24. The van der Waals surface area contributed by atoms with Crippen LogP contribution in [0.15, 0.2) is 218 Å². The molecule has 0 unspecified atom stereocenters. The Hall–Kier alpha value is -7.66. The number of hydrogen-bond donors (Lipinski definition) is 1. The zero-order valence-electron chi connectivity index (χ0n) is 31.6. The third-order valence-corrected chi connectivity index (χ3v) is 12.1. The molecule has 4 heteroatoms. The van der Waals surface area contributed by atoms with Crippen molar-refractivity contribution in [1.82, 2.24) is 13.6 Å². The van der Waals surface area contributed by atoms with Gasteiger partial charge >= 0.3 is 0 Å². The van der Waals surface area contributed by atoms with Gasteiger partial charge in [0, 0.05) is 80.7 Å². The van der Waals surface area contributed by atoms with Crippen LogP contribution in [0, 0.1) is 0 Å². The number of nitrogens with one attached hydrogen (secondary N) is 1. The highest BCUT2D eigenvalue weighted by Gasteiger charge is 2.47. The molecule has 1 aliphatic heterocycles. The first-order chi connectivity index (χ1) is 28.8. The van der Waals surface area contributed by atoms with E-state index in [1.54, 1.807) is 0 Å². The molecule has 272 valence electrons. The average molecular weight is 742 g/mol. The predicted octanol–water partition coefficient (Wildman–Crippen LogP) is 14.9. The van der Waals surface area contributed by atoms with Crippen molar-refractivity contribution in [1.29, 1.82) is 0 Å². The lowest BCUT2D eigenvalue weighted by Crippen LogP contribution is -2.31. The van der Waals surface area contributed by atoms with Gasteiger partial charge < -0.3 is 14.5 Å². The Kier molecular flexibility index (Phi) is 7.12. The second-order valence-corrected chi connectivity index (χ2v) is 15.2. The summed E-state index contributed by atoms with van der Waals surface area (Å²) >= 11 is 0. The van der Waals surface area contributed by atoms with Crippen LogP contribution in [0.5, 0.6) is 0 Å². The van der Waals surface area contributed by atoms with E-state index in [0.29, 0.717) is 4.48 Å². The van der Waals surface area contributed by atoms with Crippen LogP contribution in [0.4, 0.5) is 34.1 Å². The van der Waals surface area contributed by atoms with E-state index in [-0.39, 0.29) is 0 Å². The normalized spacial score (nSPS) is 13.0. The molecule has 11 aromatic rings. The standard InChI is InChI=1S/C54H37N4/c1-7-19-49-43(13-1)44-14-2-8-20-50(44)56(49)39-29-25-37(26-30-39)55-38-27-33-41(34-28-38)58(53-23-11-5-17-47(53)48-18-6-12-24-54(48)58)42-35-31-40(32-36-42)57-51-21-9-3-15-45(51)46-16-4-10-22-52(46)57/h1-36,55H/q+1. The highest BCUT2D eigenvalue weighted by atomic mass is 15.4. The van der Waals surface area contributed by atoms with Gasteiger partial charge in [0.1, 0.15) is 11.4 Å². The van der Waals surface area contributed by atoms with E-state index in [1.807, 2.05) is 0 Å². The topological polar surface area (TPSA) is 21.9 Å². The third kappa shape index (κ3) is 4.67. The lowest BCUT2D eigenvalue weighted by molar-refractivity contribution is 0.721. The van der Waals surface area contributed by atoms with Gasteiger partial charge in [-0.05, 0) is 84.9 Å². The average Bonchev–Trinajstić information content (AvgIpc) is 3.92. The number of para-hydroxylation sites is 6. The molecule has 1 N–H and O–H groups in total. The Morgan fingerprint density at radius 1 is 0.293 bits per heavy atom. The number of benzene rings is 9. The maximum Gasteiger partial charge on any atom is 0.156 e. The van der Waals surface area contributed by atoms with E-state index in [1.165, 1.54) is 77.5 Å². The summed E-state index contributed by atoms with van der Waals surface area (Å²) in [5.41, 5.74) is 16.6. The van der Waals surface area contributed by atoms with Gasteiger partial charge in [-0.15, -0.1) is 0 Å². The van der Waals surface area contributed by atoms with Crippen molar-refractivity contribution in [3.63, 3.8) is 0 Å². The number of rotatable bonds is 6. The largest absolute Gasteiger partial charge is 0.356 e. The zero-order chi connectivity index (χ0) is 38.2. The van der Waals surface area contributed by atoms with Crippen molar-refractivity contribution in [2.45, 2.75) is 0 Å². The van der Waals surface area contributed by atoms with Crippen LogP contribution in [-0.2, 0) is 0 Å². The Bertz CT molecular complexity index is 3200. The van der Waals surface area contributed by atoms with Gasteiger partial charge in [-0.25, -0.2) is 0 Å². The van der Waals surface area contributed by atoms with Crippen molar-refractivity contribution in [2.24, 2.45) is 0 Å². The fraction of sp³-hybridized carbons (Fsp3) is 0. The Morgan fingerprint density at radius 3 is 1.02 bits per heavy atom. The van der Waals surface area contributed by atoms with Crippen LogP contribution in [-0.4, -0.2) is 9.13 Å². The summed E-state index contributed by atoms with van der Waals surface area (Å²) in [5, 5.41) is 8.76. The lowest BCUT2D eigenvalue weighted by atomic mass is 10.1. The Labute approximate surface area is 336 Å². The minimum atomic E-state index is 0.494. The predicted molar refractivity (Wildman–Crippen MR) is 244 cm³/mol. The molecule has 4 nitrogen and oxygen atoms in total. The first-order valence-electron chi connectivity index (χ1n) is 19.9. The van der Waals surface area contributed by atoms with Crippen LogP contribution < -0.4 is 9.80 Å². The van der Waals surface area contributed by atoms with Gasteiger partial charge in [-0.1, -0.05) is 97.1 Å². The summed E-state index contributed by atoms with van der Waals surface area (Å²) in [4.78, 5) is 0. The first-order valence-corrected chi connectivity index (χ1v) is 19.9. The van der Waals surface area contributed by atoms with E-state index < -0.39 is 0 Å². The van der Waals surface area contributed by atoms with Crippen molar-refractivity contribution < 1.29 is 0 Å². The van der Waals surface area contributed by atoms with Crippen LogP contribution in [0.25, 0.3) is 66.1 Å². The third-order valence-electron chi connectivity index (χ3n) is 12.1. The van der Waals surface area contributed by atoms with Gasteiger partial charge in [0.15, 0.2) is 11.4 Å². The van der Waals surface area contributed by atoms with Gasteiger partial charge in [0.05, 0.1) is 33.2 Å². The van der Waals surface area contributed by atoms with E-state index >= 15 is 0 Å². The lowest BCUT2D eigenvalue weighted by Gasteiger charge is -2.34. The van der Waals surface area contributed by atoms with Crippen molar-refractivity contribution in [2.75, 3.05) is 5.32 Å². The number of quaternary nitrogens is 1. The molecule has 12 rings (SSSR count).